The van der Waals surface area contributed by atoms with E-state index in [0.717, 1.165) is 35.5 Å². The fourth-order valence-corrected chi connectivity index (χ4v) is 16.9. The Balaban J connectivity index is 0.899. The molecule has 10 heterocycles. The van der Waals surface area contributed by atoms with Gasteiger partial charge in [-0.25, -0.2) is 19.6 Å². The van der Waals surface area contributed by atoms with Crippen molar-refractivity contribution in [3.63, 3.8) is 0 Å². The summed E-state index contributed by atoms with van der Waals surface area (Å²) >= 11 is 0. The lowest BCUT2D eigenvalue weighted by molar-refractivity contribution is -0.168. The summed E-state index contributed by atoms with van der Waals surface area (Å²) in [5, 5.41) is 18.4. The molecule has 0 radical (unpaired) electrons. The van der Waals surface area contributed by atoms with Gasteiger partial charge in [-0.05, 0) is 106 Å². The molecule has 0 aromatic heterocycles. The Bertz CT molecular complexity index is 5280. The summed E-state index contributed by atoms with van der Waals surface area (Å²) in [6, 6.07) is 14.2. The molecular weight excluding hydrogens is 1820 g/mol. The number of rotatable bonds is 31. The lowest BCUT2D eigenvalue weighted by atomic mass is 10.0. The normalized spacial score (nSPS) is 20.8. The predicted molar refractivity (Wildman–Crippen MR) is 507 cm³/mol. The van der Waals surface area contributed by atoms with Crippen LogP contribution in [0.3, 0.4) is 0 Å². The molecule has 752 valence electrons. The van der Waals surface area contributed by atoms with E-state index in [1.165, 1.54) is 81.4 Å². The molecule has 41 heteroatoms. The van der Waals surface area contributed by atoms with Crippen molar-refractivity contribution in [3.05, 3.63) is 156 Å². The molecule has 2 fully saturated rings. The van der Waals surface area contributed by atoms with E-state index in [2.05, 4.69) is 51.6 Å². The quantitative estimate of drug-likeness (QED) is 0.0173. The Hall–Kier alpha value is -14.2. The lowest BCUT2D eigenvalue weighted by Crippen LogP contribution is -2.55. The zero-order valence-corrected chi connectivity index (χ0v) is 80.0. The number of methoxy groups -OCH3 is 4. The number of ether oxygens (including phenoxy) is 10. The fourth-order valence-electron chi connectivity index (χ4n) is 16.9. The highest BCUT2D eigenvalue weighted by Crippen LogP contribution is 2.44. The number of hydrogen-bond donors (Lipinski definition) is 6. The zero-order chi connectivity index (χ0) is 101. The Morgan fingerprint density at radius 3 is 1.42 bits per heavy atom. The zero-order valence-electron chi connectivity index (χ0n) is 80.0. The molecule has 14 rings (SSSR count). The molecule has 2 saturated heterocycles. The molecule has 4 aromatic carbocycles. The third-order valence-corrected chi connectivity index (χ3v) is 24.6. The van der Waals surface area contributed by atoms with Gasteiger partial charge in [-0.15, -0.1) is 0 Å². The standard InChI is InChI=1S/C99H124N14O27/c1-61-46-71-56-110-79-52-83(81(133-9)50-74(79)96(127)108(71)54-61)137-38-15-39-138-84-53-80-75(51-82(84)134-10)97(128)109-55-62(2)47-78(109)66(6)113(80)99(130)140-60-68-20-24-70(25-21-68)103-94(125)76(16-11-13-34-100-65(5)32-40-135-44-42-131-7)104-92(123)63(3)48-72(114)57-111(90(121)30-36-106-86(117)26-27-87(106)118)112(91(122)31-37-107-88(119)28-29-89(107)120)58-73(115)49-64(4)93(124)105-77(17-12-14-35-101-85(116)33-41-136-45-43-132-8)95(126)102-69-22-18-67(19-23-69)59-139-98(110)129/h18-29,50-53,63-64,66,71,76-78,100H,1-2,5,11-17,30-49,54-60H2,3-4,6-10H3,(H,101,116)(H,102,126)(H,103,125)(H,104,123)(H,105,124)/t63-,64-,66?,71+,76+,77+,78+/m1/s1. The minimum absolute atomic E-state index is 0.0118. The van der Waals surface area contributed by atoms with E-state index in [1.807, 2.05) is 0 Å². The number of carbonyl (C=O) groups is 17. The van der Waals surface area contributed by atoms with Gasteiger partial charge in [-0.2, -0.15) is 0 Å². The first-order valence-corrected chi connectivity index (χ1v) is 46.7. The molecule has 41 nitrogen and oxygen atoms in total. The third kappa shape index (κ3) is 29.0. The van der Waals surface area contributed by atoms with Crippen LogP contribution in [-0.4, -0.2) is 301 Å². The molecule has 15 amide bonds. The molecule has 4 aromatic rings. The van der Waals surface area contributed by atoms with Gasteiger partial charge in [0.2, 0.25) is 41.4 Å². The number of carbonyl (C=O) groups excluding carboxylic acids is 17. The summed E-state index contributed by atoms with van der Waals surface area (Å²) in [4.78, 5) is 249. The fraction of sp³-hybridized carbons (Fsp3) is 0.485. The van der Waals surface area contributed by atoms with Gasteiger partial charge < -0.3 is 89.1 Å². The van der Waals surface area contributed by atoms with Crippen molar-refractivity contribution in [1.29, 1.82) is 0 Å². The van der Waals surface area contributed by atoms with Crippen molar-refractivity contribution in [3.8, 4) is 23.0 Å². The number of benzene rings is 4. The number of hydrogen-bond acceptors (Lipinski definition) is 28. The summed E-state index contributed by atoms with van der Waals surface area (Å²) in [5.41, 5.74) is 4.15. The number of amides is 15. The minimum atomic E-state index is -1.33. The van der Waals surface area contributed by atoms with E-state index >= 15 is 0 Å². The maximum absolute atomic E-state index is 14.9. The second-order valence-corrected chi connectivity index (χ2v) is 35.0. The number of Topliss-reactive ketones (excluding diaryl/α,β-unsaturated/α-hetero) is 2. The predicted octanol–water partition coefficient (Wildman–Crippen LogP) is 6.71. The average Bonchev–Trinajstić information content (AvgIpc) is 1.60. The molecule has 0 aliphatic carbocycles. The van der Waals surface area contributed by atoms with Crippen molar-refractivity contribution in [1.82, 2.24) is 50.9 Å². The third-order valence-electron chi connectivity index (χ3n) is 24.6. The van der Waals surface area contributed by atoms with Gasteiger partial charge in [0.15, 0.2) is 34.6 Å². The van der Waals surface area contributed by atoms with Crippen molar-refractivity contribution in [2.24, 2.45) is 11.8 Å². The van der Waals surface area contributed by atoms with Crippen molar-refractivity contribution >= 4 is 123 Å². The maximum Gasteiger partial charge on any atom is 0.414 e. The number of fused-ring (bicyclic) bond motifs is 2. The minimum Gasteiger partial charge on any atom is -0.493 e. The molecule has 1 unspecified atom stereocenters. The van der Waals surface area contributed by atoms with Crippen LogP contribution in [0.2, 0.25) is 0 Å². The molecule has 10 aliphatic rings. The summed E-state index contributed by atoms with van der Waals surface area (Å²) in [6.07, 6.45) is 2.13. The van der Waals surface area contributed by atoms with Crippen LogP contribution in [0.5, 0.6) is 23.0 Å². The topological polar surface area (TPSA) is 481 Å². The molecular formula is C99H124N14O27. The second kappa shape index (κ2) is 51.5. The van der Waals surface area contributed by atoms with Gasteiger partial charge in [-0.3, -0.25) is 91.5 Å². The number of hydrazine groups is 1. The highest BCUT2D eigenvalue weighted by Gasteiger charge is 2.47. The summed E-state index contributed by atoms with van der Waals surface area (Å²) in [5.74, 6) is -13.4. The van der Waals surface area contributed by atoms with E-state index in [0.29, 0.717) is 108 Å². The smallest absolute Gasteiger partial charge is 0.414 e. The van der Waals surface area contributed by atoms with Crippen molar-refractivity contribution < 1.29 is 129 Å². The van der Waals surface area contributed by atoms with Gasteiger partial charge in [0.1, 0.15) is 38.4 Å². The van der Waals surface area contributed by atoms with Crippen LogP contribution in [0.4, 0.5) is 32.3 Å². The van der Waals surface area contributed by atoms with E-state index in [4.69, 9.17) is 47.4 Å². The monoisotopic (exact) mass is 1940 g/mol. The number of nitrogens with zero attached hydrogens (tertiary/aromatic N) is 8. The summed E-state index contributed by atoms with van der Waals surface area (Å²) in [6.45, 7) is 15.9. The Morgan fingerprint density at radius 1 is 0.479 bits per heavy atom. The highest BCUT2D eigenvalue weighted by molar-refractivity contribution is 6.14. The second-order valence-electron chi connectivity index (χ2n) is 35.0. The average molecular weight is 1940 g/mol. The highest BCUT2D eigenvalue weighted by atomic mass is 16.6. The van der Waals surface area contributed by atoms with Crippen LogP contribution < -0.4 is 60.6 Å². The van der Waals surface area contributed by atoms with Crippen LogP contribution in [-0.2, 0) is 104 Å². The van der Waals surface area contributed by atoms with Crippen LogP contribution in [0, 0.1) is 11.8 Å². The lowest BCUT2D eigenvalue weighted by Gasteiger charge is -2.35. The molecule has 10 aliphatic heterocycles. The first-order chi connectivity index (χ1) is 67.2. The Kier molecular flexibility index (Phi) is 39.1. The Morgan fingerprint density at radius 2 is 0.929 bits per heavy atom. The maximum atomic E-state index is 14.9. The molecule has 6 N–H and O–H groups in total. The Labute approximate surface area is 811 Å². The summed E-state index contributed by atoms with van der Waals surface area (Å²) < 4.78 is 57.7. The molecule has 140 heavy (non-hydrogen) atoms. The van der Waals surface area contributed by atoms with Crippen LogP contribution in [0.25, 0.3) is 0 Å². The van der Waals surface area contributed by atoms with E-state index in [9.17, 15) is 81.5 Å². The SMILES string of the molecule is C=C1C[C@H]2CN3C(=O)OCc4ccc(cc4)NC(=O)[C@H](CCCCNC(=O)CCOCCOC)NC(=O)[C@H](C)CC(=O)CN(C(=O)CCN4C(=O)C=CC4=O)N(C(=O)CCN4C(=O)C=CC4=O)CC(=O)C[C@@H](C)C(=O)N[C@@H](CCCCNC(=C)CCOCCOC)C(=O)Nc4ccc(cc4)COC(=O)N4c5cc(c(OC)cc5C(=O)N5CC(=C)C[C@H]5C4C)OCCCOc4cc3c(cc4OC)C(=O)N2C1. The molecule has 7 atom stereocenters. The van der Waals surface area contributed by atoms with E-state index in [-0.39, 0.29) is 161 Å². The molecule has 0 spiro atoms. The van der Waals surface area contributed by atoms with E-state index < -0.39 is 189 Å². The number of ketones is 2. The van der Waals surface area contributed by atoms with Gasteiger partial charge in [0, 0.05) is 164 Å². The largest absolute Gasteiger partial charge is 0.493 e. The number of unbranched alkanes of at least 4 members (excludes halogenated alkanes) is 2. The van der Waals surface area contributed by atoms with Gasteiger partial charge in [0.25, 0.3) is 35.4 Å². The van der Waals surface area contributed by atoms with E-state index in [1.54, 1.807) is 60.2 Å². The first kappa shape index (κ1) is 106. The van der Waals surface area contributed by atoms with Crippen molar-refractivity contribution in [2.45, 2.75) is 161 Å². The van der Waals surface area contributed by atoms with Gasteiger partial charge >= 0.3 is 12.2 Å². The van der Waals surface area contributed by atoms with Crippen LogP contribution >= 0.6 is 0 Å². The molecule has 0 saturated carbocycles. The van der Waals surface area contributed by atoms with Crippen LogP contribution in [0.15, 0.2) is 134 Å². The van der Waals surface area contributed by atoms with Crippen LogP contribution in [0.1, 0.15) is 149 Å². The number of nitrogens with one attached hydrogen (secondary N) is 6. The first-order valence-electron chi connectivity index (χ1n) is 46.7. The molecule has 8 bridgehead atoms. The van der Waals surface area contributed by atoms with Crippen molar-refractivity contribution in [2.75, 3.05) is 161 Å². The van der Waals surface area contributed by atoms with Gasteiger partial charge in [0.05, 0.1) is 114 Å². The van der Waals surface area contributed by atoms with Gasteiger partial charge in [-0.1, -0.05) is 69.0 Å². The number of imide groups is 2. The number of anilines is 4. The summed E-state index contributed by atoms with van der Waals surface area (Å²) in [7, 11) is 5.89.